The van der Waals surface area contributed by atoms with Crippen molar-refractivity contribution in [1.29, 1.82) is 0 Å². The molecule has 0 bridgehead atoms. The Balaban J connectivity index is 2.09. The number of aliphatic hydroxyl groups excluding tert-OH is 2. The molecule has 1 aliphatic heterocycles. The smallest absolute Gasteiger partial charge is 0.256 e. The predicted molar refractivity (Wildman–Crippen MR) is 86.0 cm³/mol. The molecule has 5 nitrogen and oxygen atoms in total. The molecule has 0 aromatic heterocycles. The van der Waals surface area contributed by atoms with Crippen LogP contribution in [0.15, 0.2) is 18.2 Å². The van der Waals surface area contributed by atoms with Crippen LogP contribution < -0.4 is 0 Å². The van der Waals surface area contributed by atoms with E-state index < -0.39 is 11.7 Å². The topological polar surface area (TPSA) is 64.0 Å². The fourth-order valence-corrected chi connectivity index (χ4v) is 3.18. The van der Waals surface area contributed by atoms with Gasteiger partial charge >= 0.3 is 0 Å². The second kappa shape index (κ2) is 8.06. The maximum Gasteiger partial charge on any atom is 0.256 e. The number of nitrogens with zero attached hydrogens (tertiary/aromatic N) is 2. The number of carbonyl (C=O) groups is 1. The minimum atomic E-state index is -0.596. The van der Waals surface area contributed by atoms with Crippen molar-refractivity contribution in [3.05, 3.63) is 34.6 Å². The van der Waals surface area contributed by atoms with Gasteiger partial charge in [0.25, 0.3) is 5.91 Å². The third-order valence-electron chi connectivity index (χ3n) is 4.28. The summed E-state index contributed by atoms with van der Waals surface area (Å²) >= 11 is 5.85. The molecule has 1 heterocycles. The Labute approximate surface area is 140 Å². The van der Waals surface area contributed by atoms with Crippen molar-refractivity contribution in [2.45, 2.75) is 0 Å². The first-order chi connectivity index (χ1) is 11.0. The molecule has 2 atom stereocenters. The quantitative estimate of drug-likeness (QED) is 0.810. The molecule has 1 aliphatic rings. The molecule has 2 rings (SSSR count). The maximum absolute atomic E-state index is 13.9. The average molecular weight is 345 g/mol. The van der Waals surface area contributed by atoms with Crippen molar-refractivity contribution in [3.8, 4) is 0 Å². The number of halogens is 2. The van der Waals surface area contributed by atoms with Gasteiger partial charge in [-0.15, -0.1) is 0 Å². The SMILES string of the molecule is CN(CCO)C[C@@H]1CN(C(=O)c2cc(Cl)ccc2F)C[C@@H]1CO. The molecule has 0 spiro atoms. The molecule has 0 radical (unpaired) electrons. The van der Waals surface area contributed by atoms with Gasteiger partial charge in [-0.3, -0.25) is 4.79 Å². The monoisotopic (exact) mass is 344 g/mol. The third kappa shape index (κ3) is 4.41. The zero-order valence-corrected chi connectivity index (χ0v) is 13.8. The van der Waals surface area contributed by atoms with Crippen LogP contribution in [0.5, 0.6) is 0 Å². The molecule has 1 aromatic carbocycles. The minimum absolute atomic E-state index is 0.0283. The van der Waals surface area contributed by atoms with Gasteiger partial charge in [0.1, 0.15) is 5.82 Å². The molecule has 1 fully saturated rings. The van der Waals surface area contributed by atoms with Crippen molar-refractivity contribution in [1.82, 2.24) is 9.80 Å². The molecule has 0 aliphatic carbocycles. The van der Waals surface area contributed by atoms with Crippen LogP contribution in [0.3, 0.4) is 0 Å². The zero-order valence-electron chi connectivity index (χ0n) is 13.1. The van der Waals surface area contributed by atoms with Crippen LogP contribution in [-0.2, 0) is 0 Å². The standard InChI is InChI=1S/C16H22ClFN2O3/c1-19(4-5-21)7-11-8-20(9-12(11)10-22)16(23)14-6-13(17)2-3-15(14)18/h2-3,6,11-12,21-22H,4-5,7-10H2,1H3/t11-,12-/m1/s1. The Kier molecular flexibility index (Phi) is 6.35. The van der Waals surface area contributed by atoms with E-state index in [0.717, 1.165) is 0 Å². The predicted octanol–water partition coefficient (Wildman–Crippen LogP) is 1.08. The van der Waals surface area contributed by atoms with Crippen LogP contribution in [0.4, 0.5) is 4.39 Å². The van der Waals surface area contributed by atoms with Gasteiger partial charge in [0.05, 0.1) is 12.2 Å². The minimum Gasteiger partial charge on any atom is -0.396 e. The number of hydrogen-bond donors (Lipinski definition) is 2. The van der Waals surface area contributed by atoms with Gasteiger partial charge in [-0.1, -0.05) is 11.6 Å². The molecular weight excluding hydrogens is 323 g/mol. The van der Waals surface area contributed by atoms with Gasteiger partial charge in [-0.05, 0) is 31.2 Å². The second-order valence-corrected chi connectivity index (χ2v) is 6.46. The Bertz CT molecular complexity index is 558. The van der Waals surface area contributed by atoms with Crippen LogP contribution in [0.2, 0.25) is 5.02 Å². The third-order valence-corrected chi connectivity index (χ3v) is 4.52. The molecule has 0 saturated carbocycles. The number of aliphatic hydroxyl groups is 2. The van der Waals surface area contributed by atoms with Crippen molar-refractivity contribution in [2.24, 2.45) is 11.8 Å². The first-order valence-electron chi connectivity index (χ1n) is 7.60. The molecule has 0 unspecified atom stereocenters. The number of hydrogen-bond acceptors (Lipinski definition) is 4. The molecule has 1 saturated heterocycles. The maximum atomic E-state index is 13.9. The normalized spacial score (nSPS) is 21.2. The number of carbonyl (C=O) groups excluding carboxylic acids is 1. The lowest BCUT2D eigenvalue weighted by Crippen LogP contribution is -2.33. The van der Waals surface area contributed by atoms with Crippen molar-refractivity contribution in [3.63, 3.8) is 0 Å². The highest BCUT2D eigenvalue weighted by Crippen LogP contribution is 2.26. The van der Waals surface area contributed by atoms with Crippen molar-refractivity contribution >= 4 is 17.5 Å². The fraction of sp³-hybridized carbons (Fsp3) is 0.562. The summed E-state index contributed by atoms with van der Waals surface area (Å²) < 4.78 is 13.9. The van der Waals surface area contributed by atoms with Gasteiger partial charge in [0.2, 0.25) is 0 Å². The number of likely N-dealkylation sites (N-methyl/N-ethyl adjacent to an activating group) is 1. The number of amides is 1. The number of likely N-dealkylation sites (tertiary alicyclic amines) is 1. The van der Waals surface area contributed by atoms with Gasteiger partial charge in [-0.2, -0.15) is 0 Å². The van der Waals surface area contributed by atoms with Crippen LogP contribution in [-0.4, -0.2) is 72.4 Å². The van der Waals surface area contributed by atoms with Gasteiger partial charge < -0.3 is 20.0 Å². The summed E-state index contributed by atoms with van der Waals surface area (Å²) in [6.45, 7) is 2.06. The van der Waals surface area contributed by atoms with E-state index in [1.54, 1.807) is 4.90 Å². The highest BCUT2D eigenvalue weighted by Gasteiger charge is 2.36. The summed E-state index contributed by atoms with van der Waals surface area (Å²) in [5, 5.41) is 18.8. The lowest BCUT2D eigenvalue weighted by atomic mass is 9.96. The molecule has 23 heavy (non-hydrogen) atoms. The summed E-state index contributed by atoms with van der Waals surface area (Å²) in [4.78, 5) is 16.1. The molecule has 7 heteroatoms. The number of rotatable bonds is 6. The van der Waals surface area contributed by atoms with Crippen LogP contribution in [0, 0.1) is 17.7 Å². The summed E-state index contributed by atoms with van der Waals surface area (Å²) in [6.07, 6.45) is 0. The lowest BCUT2D eigenvalue weighted by molar-refractivity contribution is 0.0774. The largest absolute Gasteiger partial charge is 0.396 e. The highest BCUT2D eigenvalue weighted by molar-refractivity contribution is 6.31. The Morgan fingerprint density at radius 1 is 1.39 bits per heavy atom. The molecular formula is C16H22ClFN2O3. The van der Waals surface area contributed by atoms with Gasteiger partial charge in [0, 0.05) is 43.7 Å². The van der Waals surface area contributed by atoms with E-state index >= 15 is 0 Å². The van der Waals surface area contributed by atoms with Gasteiger partial charge in [0.15, 0.2) is 0 Å². The second-order valence-electron chi connectivity index (χ2n) is 6.02. The Morgan fingerprint density at radius 2 is 2.09 bits per heavy atom. The van der Waals surface area contributed by atoms with E-state index in [0.29, 0.717) is 31.2 Å². The van der Waals surface area contributed by atoms with Crippen LogP contribution in [0.25, 0.3) is 0 Å². The zero-order chi connectivity index (χ0) is 17.0. The van der Waals surface area contributed by atoms with E-state index in [-0.39, 0.29) is 30.6 Å². The Hall–Kier alpha value is -1.21. The molecule has 2 N–H and O–H groups in total. The summed E-state index contributed by atoms with van der Waals surface area (Å²) in [6, 6.07) is 3.92. The molecule has 128 valence electrons. The first-order valence-corrected chi connectivity index (χ1v) is 7.98. The fourth-order valence-electron chi connectivity index (χ4n) is 3.01. The number of benzene rings is 1. The molecule has 1 amide bonds. The molecule has 1 aromatic rings. The van der Waals surface area contributed by atoms with E-state index in [1.165, 1.54) is 18.2 Å². The average Bonchev–Trinajstić information content (AvgIpc) is 2.92. The van der Waals surface area contributed by atoms with Crippen molar-refractivity contribution < 1.29 is 19.4 Å². The van der Waals surface area contributed by atoms with E-state index in [9.17, 15) is 14.3 Å². The Morgan fingerprint density at radius 3 is 2.74 bits per heavy atom. The van der Waals surface area contributed by atoms with E-state index in [1.807, 2.05) is 11.9 Å². The first kappa shape index (κ1) is 18.1. The van der Waals surface area contributed by atoms with E-state index in [4.69, 9.17) is 16.7 Å². The van der Waals surface area contributed by atoms with Crippen molar-refractivity contribution in [2.75, 3.05) is 46.4 Å². The highest BCUT2D eigenvalue weighted by atomic mass is 35.5. The summed E-state index contributed by atoms with van der Waals surface area (Å²) in [7, 11) is 1.88. The van der Waals surface area contributed by atoms with Crippen LogP contribution in [0.1, 0.15) is 10.4 Å². The van der Waals surface area contributed by atoms with Crippen LogP contribution >= 0.6 is 11.6 Å². The van der Waals surface area contributed by atoms with E-state index in [2.05, 4.69) is 0 Å². The lowest BCUT2D eigenvalue weighted by Gasteiger charge is -2.23. The summed E-state index contributed by atoms with van der Waals surface area (Å²) in [5.74, 6) is -0.971. The summed E-state index contributed by atoms with van der Waals surface area (Å²) in [5.41, 5.74) is -0.0430. The van der Waals surface area contributed by atoms with Gasteiger partial charge in [-0.25, -0.2) is 4.39 Å².